The maximum absolute atomic E-state index is 5.00. The summed E-state index contributed by atoms with van der Waals surface area (Å²) in [5.41, 5.74) is 1.11. The highest BCUT2D eigenvalue weighted by molar-refractivity contribution is 8.01. The lowest BCUT2D eigenvalue weighted by molar-refractivity contribution is 0.194. The number of ether oxygens (including phenoxy) is 1. The smallest absolute Gasteiger partial charge is 0.151 e. The highest BCUT2D eigenvalue weighted by Crippen LogP contribution is 2.28. The third-order valence-corrected chi connectivity index (χ3v) is 4.66. The largest absolute Gasteiger partial charge is 0.385 e. The molecule has 0 fully saturated rings. The first-order valence-corrected chi connectivity index (χ1v) is 7.88. The maximum Gasteiger partial charge on any atom is 0.151 e. The maximum atomic E-state index is 5.00. The molecular formula is C13H18N2OS2. The van der Waals surface area contributed by atoms with Crippen molar-refractivity contribution in [2.24, 2.45) is 0 Å². The molecule has 0 amide bonds. The van der Waals surface area contributed by atoms with Gasteiger partial charge in [0.15, 0.2) is 4.34 Å². The Kier molecular flexibility index (Phi) is 5.93. The van der Waals surface area contributed by atoms with Gasteiger partial charge in [-0.3, -0.25) is 0 Å². The van der Waals surface area contributed by atoms with Gasteiger partial charge in [0, 0.05) is 26.0 Å². The van der Waals surface area contributed by atoms with E-state index in [2.05, 4.69) is 28.5 Å². The van der Waals surface area contributed by atoms with Crippen molar-refractivity contribution in [3.05, 3.63) is 24.3 Å². The monoisotopic (exact) mass is 282 g/mol. The average molecular weight is 282 g/mol. The summed E-state index contributed by atoms with van der Waals surface area (Å²) in [6.07, 6.45) is 1.07. The summed E-state index contributed by atoms with van der Waals surface area (Å²) in [6.45, 7) is 2.87. The number of methoxy groups -OCH3 is 1. The van der Waals surface area contributed by atoms with Crippen LogP contribution in [0.5, 0.6) is 0 Å². The van der Waals surface area contributed by atoms with Crippen LogP contribution < -0.4 is 5.32 Å². The Labute approximate surface area is 116 Å². The summed E-state index contributed by atoms with van der Waals surface area (Å²) in [4.78, 5) is 4.59. The summed E-state index contributed by atoms with van der Waals surface area (Å²) < 4.78 is 7.43. The number of benzene rings is 1. The van der Waals surface area contributed by atoms with Crippen LogP contribution in [0, 0.1) is 0 Å². The minimum Gasteiger partial charge on any atom is -0.385 e. The molecule has 0 atom stereocenters. The SMILES string of the molecule is COCCCNCCSc1nc2ccccc2s1. The second-order valence-corrected chi connectivity index (χ2v) is 6.27. The average Bonchev–Trinajstić information content (AvgIpc) is 2.80. The lowest BCUT2D eigenvalue weighted by atomic mass is 10.3. The fourth-order valence-corrected chi connectivity index (χ4v) is 3.63. The lowest BCUT2D eigenvalue weighted by Crippen LogP contribution is -2.19. The van der Waals surface area contributed by atoms with E-state index >= 15 is 0 Å². The molecule has 1 aromatic heterocycles. The molecule has 98 valence electrons. The first kappa shape index (κ1) is 13.8. The summed E-state index contributed by atoms with van der Waals surface area (Å²) in [5.74, 6) is 1.06. The Hall–Kier alpha value is -0.620. The predicted molar refractivity (Wildman–Crippen MR) is 79.7 cm³/mol. The first-order valence-electron chi connectivity index (χ1n) is 6.08. The summed E-state index contributed by atoms with van der Waals surface area (Å²) in [5, 5.41) is 3.40. The highest BCUT2D eigenvalue weighted by atomic mass is 32.2. The summed E-state index contributed by atoms with van der Waals surface area (Å²) in [6, 6.07) is 8.29. The number of aromatic nitrogens is 1. The zero-order valence-electron chi connectivity index (χ0n) is 10.5. The predicted octanol–water partition coefficient (Wildman–Crippen LogP) is 3.01. The summed E-state index contributed by atoms with van der Waals surface area (Å²) in [7, 11) is 1.74. The van der Waals surface area contributed by atoms with Gasteiger partial charge >= 0.3 is 0 Å². The van der Waals surface area contributed by atoms with Gasteiger partial charge in [0.05, 0.1) is 10.2 Å². The molecule has 5 heteroatoms. The van der Waals surface area contributed by atoms with Gasteiger partial charge in [0.2, 0.25) is 0 Å². The zero-order chi connectivity index (χ0) is 12.6. The number of nitrogens with one attached hydrogen (secondary N) is 1. The first-order chi connectivity index (χ1) is 8.90. The lowest BCUT2D eigenvalue weighted by Gasteiger charge is -2.02. The van der Waals surface area contributed by atoms with E-state index in [9.17, 15) is 0 Å². The van der Waals surface area contributed by atoms with Gasteiger partial charge in [-0.2, -0.15) is 0 Å². The van der Waals surface area contributed by atoms with Crippen molar-refractivity contribution in [3.8, 4) is 0 Å². The molecule has 0 saturated carbocycles. The van der Waals surface area contributed by atoms with Crippen molar-refractivity contribution >= 4 is 33.3 Å². The van der Waals surface area contributed by atoms with Crippen molar-refractivity contribution in [3.63, 3.8) is 0 Å². The second kappa shape index (κ2) is 7.74. The van der Waals surface area contributed by atoms with E-state index in [1.165, 1.54) is 4.70 Å². The van der Waals surface area contributed by atoms with E-state index in [1.54, 1.807) is 18.4 Å². The van der Waals surface area contributed by atoms with E-state index < -0.39 is 0 Å². The number of fused-ring (bicyclic) bond motifs is 1. The molecule has 3 nitrogen and oxygen atoms in total. The Morgan fingerprint density at radius 3 is 3.06 bits per heavy atom. The Morgan fingerprint density at radius 2 is 2.22 bits per heavy atom. The van der Waals surface area contributed by atoms with E-state index in [0.29, 0.717) is 0 Å². The molecule has 2 rings (SSSR count). The number of rotatable bonds is 8. The second-order valence-electron chi connectivity index (χ2n) is 3.89. The van der Waals surface area contributed by atoms with Gasteiger partial charge in [0.1, 0.15) is 0 Å². The highest BCUT2D eigenvalue weighted by Gasteiger charge is 2.02. The molecule has 18 heavy (non-hydrogen) atoms. The molecule has 0 spiro atoms. The Bertz CT molecular complexity index is 440. The quantitative estimate of drug-likeness (QED) is 0.596. The third-order valence-electron chi connectivity index (χ3n) is 2.48. The van der Waals surface area contributed by atoms with Crippen LogP contribution in [0.1, 0.15) is 6.42 Å². The van der Waals surface area contributed by atoms with Gasteiger partial charge in [0.25, 0.3) is 0 Å². The molecule has 2 aromatic rings. The van der Waals surface area contributed by atoms with Crippen LogP contribution >= 0.6 is 23.1 Å². The fraction of sp³-hybridized carbons (Fsp3) is 0.462. The van der Waals surface area contributed by atoms with Gasteiger partial charge in [-0.1, -0.05) is 23.9 Å². The molecule has 0 aliphatic carbocycles. The molecule has 0 aliphatic heterocycles. The number of nitrogens with zero attached hydrogens (tertiary/aromatic N) is 1. The van der Waals surface area contributed by atoms with Crippen LogP contribution in [0.3, 0.4) is 0 Å². The van der Waals surface area contributed by atoms with Gasteiger partial charge in [-0.05, 0) is 25.1 Å². The number of hydrogen-bond acceptors (Lipinski definition) is 5. The van der Waals surface area contributed by atoms with Crippen LogP contribution in [0.25, 0.3) is 10.2 Å². The Morgan fingerprint density at radius 1 is 1.33 bits per heavy atom. The van der Waals surface area contributed by atoms with Crippen molar-refractivity contribution in [2.75, 3.05) is 32.6 Å². The van der Waals surface area contributed by atoms with E-state index in [-0.39, 0.29) is 0 Å². The van der Waals surface area contributed by atoms with Crippen LogP contribution in [0.2, 0.25) is 0 Å². The number of thiazole rings is 1. The van der Waals surface area contributed by atoms with Crippen molar-refractivity contribution in [1.29, 1.82) is 0 Å². The van der Waals surface area contributed by atoms with Crippen LogP contribution in [0.15, 0.2) is 28.6 Å². The molecule has 0 saturated heterocycles. The molecule has 0 aliphatic rings. The molecule has 1 heterocycles. The van der Waals surface area contributed by atoms with Crippen molar-refractivity contribution in [1.82, 2.24) is 10.3 Å². The topological polar surface area (TPSA) is 34.1 Å². The molecule has 0 unspecified atom stereocenters. The van der Waals surface area contributed by atoms with Crippen molar-refractivity contribution in [2.45, 2.75) is 10.8 Å². The van der Waals surface area contributed by atoms with Crippen LogP contribution in [-0.2, 0) is 4.74 Å². The minimum atomic E-state index is 0.831. The standard InChI is InChI=1S/C13H18N2OS2/c1-16-9-4-7-14-8-10-17-13-15-11-5-2-3-6-12(11)18-13/h2-3,5-6,14H,4,7-10H2,1H3. The van der Waals surface area contributed by atoms with Crippen LogP contribution in [-0.4, -0.2) is 37.5 Å². The molecule has 1 N–H and O–H groups in total. The van der Waals surface area contributed by atoms with Gasteiger partial charge in [-0.15, -0.1) is 11.3 Å². The molecular weight excluding hydrogens is 264 g/mol. The fourth-order valence-electron chi connectivity index (χ4n) is 1.59. The number of hydrogen-bond donors (Lipinski definition) is 1. The third kappa shape index (κ3) is 4.24. The molecule has 1 aromatic carbocycles. The van der Waals surface area contributed by atoms with E-state index in [4.69, 9.17) is 4.74 Å². The molecule has 0 bridgehead atoms. The van der Waals surface area contributed by atoms with Gasteiger partial charge < -0.3 is 10.1 Å². The van der Waals surface area contributed by atoms with Gasteiger partial charge in [-0.25, -0.2) is 4.98 Å². The normalized spacial score (nSPS) is 11.2. The van der Waals surface area contributed by atoms with Crippen molar-refractivity contribution < 1.29 is 4.74 Å². The minimum absolute atomic E-state index is 0.831. The number of thioether (sulfide) groups is 1. The summed E-state index contributed by atoms with van der Waals surface area (Å²) >= 11 is 3.60. The van der Waals surface area contributed by atoms with Crippen LogP contribution in [0.4, 0.5) is 0 Å². The van der Waals surface area contributed by atoms with E-state index in [0.717, 1.165) is 41.7 Å². The van der Waals surface area contributed by atoms with E-state index in [1.807, 2.05) is 17.8 Å². The Balaban J connectivity index is 1.67. The zero-order valence-corrected chi connectivity index (χ0v) is 12.1. The molecule has 0 radical (unpaired) electrons. The number of para-hydroxylation sites is 1.